The summed E-state index contributed by atoms with van der Waals surface area (Å²) in [6.45, 7) is 5.35. The maximum absolute atomic E-state index is 12.4. The van der Waals surface area contributed by atoms with Crippen LogP contribution in [0.25, 0.3) is 0 Å². The van der Waals surface area contributed by atoms with Crippen molar-refractivity contribution in [2.75, 3.05) is 27.2 Å². The van der Waals surface area contributed by atoms with Crippen molar-refractivity contribution in [2.24, 2.45) is 0 Å². The number of carbonyl (C=O) groups is 1. The molecule has 1 rings (SSSR count). The van der Waals surface area contributed by atoms with E-state index < -0.39 is 0 Å². The van der Waals surface area contributed by atoms with Crippen molar-refractivity contribution in [1.82, 2.24) is 10.2 Å². The molecule has 0 saturated heterocycles. The number of nitrogens with zero attached hydrogens (tertiary/aromatic N) is 1. The predicted octanol–water partition coefficient (Wildman–Crippen LogP) is 2.49. The average Bonchev–Trinajstić information content (AvgIpc) is 2.44. The van der Waals surface area contributed by atoms with Crippen LogP contribution in [0.2, 0.25) is 0 Å². The van der Waals surface area contributed by atoms with Crippen LogP contribution in [0, 0.1) is 0 Å². The third-order valence-electron chi connectivity index (χ3n) is 3.14. The highest BCUT2D eigenvalue weighted by molar-refractivity contribution is 5.95. The second-order valence-corrected chi connectivity index (χ2v) is 4.67. The van der Waals surface area contributed by atoms with Crippen LogP contribution in [0.1, 0.15) is 28.8 Å². The molecule has 1 amide bonds. The summed E-state index contributed by atoms with van der Waals surface area (Å²) >= 11 is 0. The van der Waals surface area contributed by atoms with E-state index in [0.29, 0.717) is 0 Å². The minimum Gasteiger partial charge on any atom is -0.342 e. The van der Waals surface area contributed by atoms with Crippen LogP contribution >= 0.6 is 0 Å². The largest absolute Gasteiger partial charge is 0.342 e. The van der Waals surface area contributed by atoms with Gasteiger partial charge in [-0.1, -0.05) is 24.3 Å². The molecule has 0 aliphatic rings. The highest BCUT2D eigenvalue weighted by Crippen LogP contribution is 2.12. The number of hydrogen-bond acceptors (Lipinski definition) is 2. The van der Waals surface area contributed by atoms with Crippen LogP contribution in [0.3, 0.4) is 0 Å². The van der Waals surface area contributed by atoms with Gasteiger partial charge >= 0.3 is 0 Å². The normalized spacial score (nSPS) is 10.2. The van der Waals surface area contributed by atoms with Gasteiger partial charge in [0.1, 0.15) is 0 Å². The second kappa shape index (κ2) is 8.48. The van der Waals surface area contributed by atoms with Crippen LogP contribution in [0.4, 0.5) is 0 Å². The summed E-state index contributed by atoms with van der Waals surface area (Å²) in [5.41, 5.74) is 1.93. The quantitative estimate of drug-likeness (QED) is 0.575. The zero-order chi connectivity index (χ0) is 14.1. The Morgan fingerprint density at radius 2 is 2.16 bits per heavy atom. The fourth-order valence-electron chi connectivity index (χ4n) is 1.99. The van der Waals surface area contributed by atoms with Crippen LogP contribution < -0.4 is 5.32 Å². The number of benzene rings is 1. The van der Waals surface area contributed by atoms with Crippen molar-refractivity contribution >= 4 is 5.91 Å². The van der Waals surface area contributed by atoms with Crippen molar-refractivity contribution < 1.29 is 4.79 Å². The van der Waals surface area contributed by atoms with Gasteiger partial charge in [0.2, 0.25) is 0 Å². The fraction of sp³-hybridized carbons (Fsp3) is 0.438. The van der Waals surface area contributed by atoms with Crippen molar-refractivity contribution in [2.45, 2.75) is 19.3 Å². The first-order chi connectivity index (χ1) is 9.20. The molecular weight excluding hydrogens is 236 g/mol. The van der Waals surface area contributed by atoms with Crippen molar-refractivity contribution in [3.8, 4) is 0 Å². The molecule has 0 heterocycles. The molecule has 3 heteroatoms. The zero-order valence-electron chi connectivity index (χ0n) is 12.0. The summed E-state index contributed by atoms with van der Waals surface area (Å²) in [4.78, 5) is 14.2. The smallest absolute Gasteiger partial charge is 0.253 e. The Kier molecular flexibility index (Phi) is 6.90. The zero-order valence-corrected chi connectivity index (χ0v) is 12.0. The first-order valence-electron chi connectivity index (χ1n) is 6.79. The maximum Gasteiger partial charge on any atom is 0.253 e. The topological polar surface area (TPSA) is 32.3 Å². The number of unbranched alkanes of at least 4 members (excludes halogenated alkanes) is 1. The van der Waals surface area contributed by atoms with Gasteiger partial charge in [-0.2, -0.15) is 0 Å². The van der Waals surface area contributed by atoms with E-state index >= 15 is 0 Å². The molecule has 0 saturated carbocycles. The molecule has 0 atom stereocenters. The number of carbonyl (C=O) groups excluding carboxylic acids is 1. The lowest BCUT2D eigenvalue weighted by Gasteiger charge is -2.18. The Balaban J connectivity index is 2.71. The van der Waals surface area contributed by atoms with E-state index in [1.165, 1.54) is 0 Å². The Labute approximate surface area is 116 Å². The molecule has 0 spiro atoms. The molecule has 0 aliphatic carbocycles. The minimum atomic E-state index is 0.107. The van der Waals surface area contributed by atoms with Gasteiger partial charge in [0, 0.05) is 19.2 Å². The summed E-state index contributed by atoms with van der Waals surface area (Å²) in [7, 11) is 3.78. The first-order valence-corrected chi connectivity index (χ1v) is 6.79. The minimum absolute atomic E-state index is 0.107. The molecule has 1 N–H and O–H groups in total. The van der Waals surface area contributed by atoms with E-state index in [4.69, 9.17) is 0 Å². The molecule has 3 nitrogen and oxygen atoms in total. The molecule has 0 radical (unpaired) electrons. The van der Waals surface area contributed by atoms with Crippen molar-refractivity contribution in [3.63, 3.8) is 0 Å². The summed E-state index contributed by atoms with van der Waals surface area (Å²) < 4.78 is 0. The first kappa shape index (κ1) is 15.4. The average molecular weight is 260 g/mol. The lowest BCUT2D eigenvalue weighted by molar-refractivity contribution is 0.0793. The van der Waals surface area contributed by atoms with Gasteiger partial charge in [-0.15, -0.1) is 6.58 Å². The van der Waals surface area contributed by atoms with Crippen molar-refractivity contribution in [3.05, 3.63) is 48.0 Å². The number of rotatable bonds is 8. The van der Waals surface area contributed by atoms with E-state index in [0.717, 1.165) is 43.5 Å². The number of hydrogen-bond donors (Lipinski definition) is 1. The summed E-state index contributed by atoms with van der Waals surface area (Å²) in [6, 6.07) is 7.85. The second-order valence-electron chi connectivity index (χ2n) is 4.67. The van der Waals surface area contributed by atoms with Crippen LogP contribution in [0.15, 0.2) is 36.9 Å². The van der Waals surface area contributed by atoms with Gasteiger partial charge in [-0.3, -0.25) is 4.79 Å². The summed E-state index contributed by atoms with van der Waals surface area (Å²) in [5, 5.41) is 3.12. The Bertz CT molecular complexity index is 415. The van der Waals surface area contributed by atoms with Gasteiger partial charge in [-0.05, 0) is 44.5 Å². The van der Waals surface area contributed by atoms with Crippen LogP contribution in [-0.4, -0.2) is 38.0 Å². The van der Waals surface area contributed by atoms with Crippen LogP contribution in [0.5, 0.6) is 0 Å². The Hall–Kier alpha value is -1.61. The molecule has 0 unspecified atom stereocenters. The molecule has 1 aromatic carbocycles. The highest BCUT2D eigenvalue weighted by Gasteiger charge is 2.14. The number of allylic oxidation sites excluding steroid dienone is 1. The number of likely N-dealkylation sites (N-methyl/N-ethyl adjacent to an activating group) is 1. The molecule has 19 heavy (non-hydrogen) atoms. The molecule has 104 valence electrons. The number of nitrogens with one attached hydrogen (secondary N) is 1. The Morgan fingerprint density at radius 1 is 1.42 bits per heavy atom. The van der Waals surface area contributed by atoms with Crippen LogP contribution in [-0.2, 0) is 6.42 Å². The molecule has 0 aromatic heterocycles. The van der Waals surface area contributed by atoms with Gasteiger partial charge in [0.25, 0.3) is 5.91 Å². The van der Waals surface area contributed by atoms with Gasteiger partial charge in [-0.25, -0.2) is 0 Å². The van der Waals surface area contributed by atoms with Crippen molar-refractivity contribution in [1.29, 1.82) is 0 Å². The molecule has 0 bridgehead atoms. The third kappa shape index (κ3) is 4.87. The predicted molar refractivity (Wildman–Crippen MR) is 80.5 cm³/mol. The lowest BCUT2D eigenvalue weighted by atomic mass is 10.0. The molecular formula is C16H24N2O. The SMILES string of the molecule is C=CCCCN(C)C(=O)c1ccccc1CCNC. The fourth-order valence-corrected chi connectivity index (χ4v) is 1.99. The Morgan fingerprint density at radius 3 is 2.84 bits per heavy atom. The highest BCUT2D eigenvalue weighted by atomic mass is 16.2. The molecule has 1 aromatic rings. The third-order valence-corrected chi connectivity index (χ3v) is 3.14. The lowest BCUT2D eigenvalue weighted by Crippen LogP contribution is -2.29. The van der Waals surface area contributed by atoms with E-state index in [1.807, 2.05) is 44.4 Å². The molecule has 0 aliphatic heterocycles. The summed E-state index contributed by atoms with van der Waals surface area (Å²) in [6.07, 6.45) is 4.67. The van der Waals surface area contributed by atoms with E-state index in [-0.39, 0.29) is 5.91 Å². The van der Waals surface area contributed by atoms with Gasteiger partial charge < -0.3 is 10.2 Å². The summed E-state index contributed by atoms with van der Waals surface area (Å²) in [5.74, 6) is 0.107. The van der Waals surface area contributed by atoms with E-state index in [9.17, 15) is 4.79 Å². The van der Waals surface area contributed by atoms with E-state index in [1.54, 1.807) is 4.90 Å². The van der Waals surface area contributed by atoms with Gasteiger partial charge in [0.15, 0.2) is 0 Å². The molecule has 0 fully saturated rings. The monoisotopic (exact) mass is 260 g/mol. The standard InChI is InChI=1S/C16H24N2O/c1-4-5-8-13-18(3)16(19)15-10-7-6-9-14(15)11-12-17-2/h4,6-7,9-10,17H,1,5,8,11-13H2,2-3H3. The number of amides is 1. The van der Waals surface area contributed by atoms with E-state index in [2.05, 4.69) is 11.9 Å². The maximum atomic E-state index is 12.4. The van der Waals surface area contributed by atoms with Gasteiger partial charge in [0.05, 0.1) is 0 Å².